The number of aromatic nitrogens is 1. The van der Waals surface area contributed by atoms with Crippen LogP contribution in [-0.4, -0.2) is 11.0 Å². The monoisotopic (exact) mass is 260 g/mol. The summed E-state index contributed by atoms with van der Waals surface area (Å²) in [6.45, 7) is 2.05. The van der Waals surface area contributed by atoms with Crippen molar-refractivity contribution in [3.63, 3.8) is 0 Å². The molecule has 0 fully saturated rings. The van der Waals surface area contributed by atoms with E-state index in [2.05, 4.69) is 11.9 Å². The molecule has 0 saturated carbocycles. The second-order valence-electron chi connectivity index (χ2n) is 4.46. The fourth-order valence-corrected chi connectivity index (χ4v) is 1.72. The summed E-state index contributed by atoms with van der Waals surface area (Å²) in [6, 6.07) is 7.92. The average Bonchev–Trinajstić information content (AvgIpc) is 2.42. The summed E-state index contributed by atoms with van der Waals surface area (Å²) in [4.78, 5) is 4.13. The number of pyridine rings is 1. The van der Waals surface area contributed by atoms with Gasteiger partial charge in [-0.05, 0) is 48.7 Å². The van der Waals surface area contributed by atoms with Crippen LogP contribution in [0.1, 0.15) is 18.9 Å². The molecule has 0 aliphatic carbocycles. The Morgan fingerprint density at radius 3 is 2.63 bits per heavy atom. The van der Waals surface area contributed by atoms with Gasteiger partial charge in [-0.15, -0.1) is 0 Å². The fraction of sp³-hybridized carbons (Fsp3) is 0.267. The van der Waals surface area contributed by atoms with Crippen LogP contribution >= 0.6 is 0 Å². The quantitative estimate of drug-likeness (QED) is 0.897. The van der Waals surface area contributed by atoms with Crippen molar-refractivity contribution in [2.75, 3.05) is 0 Å². The number of nitrogens with zero attached hydrogens (tertiary/aromatic N) is 1. The molecule has 0 bridgehead atoms. The summed E-state index contributed by atoms with van der Waals surface area (Å²) >= 11 is 0. The molecule has 19 heavy (non-hydrogen) atoms. The molecule has 1 heterocycles. The Morgan fingerprint density at radius 2 is 1.95 bits per heavy atom. The molecule has 1 unspecified atom stereocenters. The highest BCUT2D eigenvalue weighted by molar-refractivity contribution is 5.31. The maximum atomic E-state index is 12.8. The Labute approximate surface area is 112 Å². The minimum Gasteiger partial charge on any atom is -0.456 e. The first-order chi connectivity index (χ1) is 9.17. The van der Waals surface area contributed by atoms with Crippen LogP contribution < -0.4 is 10.5 Å². The molecule has 0 amide bonds. The highest BCUT2D eigenvalue weighted by Crippen LogP contribution is 2.21. The number of hydrogen-bond acceptors (Lipinski definition) is 3. The lowest BCUT2D eigenvalue weighted by atomic mass is 10.1. The second-order valence-corrected chi connectivity index (χ2v) is 4.46. The lowest BCUT2D eigenvalue weighted by molar-refractivity contribution is 0.477. The molecule has 1 atom stereocenters. The predicted molar refractivity (Wildman–Crippen MR) is 72.7 cm³/mol. The zero-order chi connectivity index (χ0) is 13.7. The minimum absolute atomic E-state index is 0.128. The Balaban J connectivity index is 2.08. The highest BCUT2D eigenvalue weighted by Gasteiger charge is 2.04. The van der Waals surface area contributed by atoms with Crippen LogP contribution in [-0.2, 0) is 6.42 Å². The molecule has 4 heteroatoms. The van der Waals surface area contributed by atoms with Gasteiger partial charge in [0, 0.05) is 12.2 Å². The van der Waals surface area contributed by atoms with E-state index in [4.69, 9.17) is 10.5 Å². The van der Waals surface area contributed by atoms with Crippen molar-refractivity contribution in [3.05, 3.63) is 54.1 Å². The van der Waals surface area contributed by atoms with Gasteiger partial charge in [0.25, 0.3) is 0 Å². The van der Waals surface area contributed by atoms with Gasteiger partial charge in [0.15, 0.2) is 0 Å². The van der Waals surface area contributed by atoms with Gasteiger partial charge in [-0.3, -0.25) is 4.98 Å². The van der Waals surface area contributed by atoms with Gasteiger partial charge in [-0.1, -0.05) is 6.92 Å². The first-order valence-electron chi connectivity index (χ1n) is 6.30. The van der Waals surface area contributed by atoms with Gasteiger partial charge in [0.1, 0.15) is 17.3 Å². The molecule has 3 nitrogen and oxygen atoms in total. The van der Waals surface area contributed by atoms with Crippen LogP contribution in [0.3, 0.4) is 0 Å². The molecule has 2 N–H and O–H groups in total. The zero-order valence-electron chi connectivity index (χ0n) is 10.8. The van der Waals surface area contributed by atoms with E-state index < -0.39 is 0 Å². The topological polar surface area (TPSA) is 48.1 Å². The third kappa shape index (κ3) is 4.03. The van der Waals surface area contributed by atoms with Gasteiger partial charge in [0.2, 0.25) is 0 Å². The van der Waals surface area contributed by atoms with E-state index in [0.717, 1.165) is 18.4 Å². The van der Waals surface area contributed by atoms with E-state index in [-0.39, 0.29) is 11.9 Å². The third-order valence-corrected chi connectivity index (χ3v) is 2.84. The van der Waals surface area contributed by atoms with Crippen molar-refractivity contribution < 1.29 is 9.13 Å². The zero-order valence-corrected chi connectivity index (χ0v) is 10.8. The molecule has 2 rings (SSSR count). The van der Waals surface area contributed by atoms with Crippen LogP contribution in [0.5, 0.6) is 11.5 Å². The standard InChI is InChI=1S/C15H17FN2O/c1-2-13(17)7-11-8-15(10-18-9-11)19-14-5-3-12(16)4-6-14/h3-6,8-10,13H,2,7,17H2,1H3. The summed E-state index contributed by atoms with van der Waals surface area (Å²) < 4.78 is 18.4. The molecule has 2 aromatic rings. The molecule has 0 radical (unpaired) electrons. The first-order valence-corrected chi connectivity index (χ1v) is 6.30. The fourth-order valence-electron chi connectivity index (χ4n) is 1.72. The van der Waals surface area contributed by atoms with Crippen molar-refractivity contribution in [1.29, 1.82) is 0 Å². The van der Waals surface area contributed by atoms with E-state index in [1.807, 2.05) is 6.07 Å². The molecule has 0 saturated heterocycles. The Morgan fingerprint density at radius 1 is 1.21 bits per heavy atom. The average molecular weight is 260 g/mol. The van der Waals surface area contributed by atoms with E-state index >= 15 is 0 Å². The lowest BCUT2D eigenvalue weighted by Gasteiger charge is -2.10. The van der Waals surface area contributed by atoms with Crippen molar-refractivity contribution in [3.8, 4) is 11.5 Å². The molecular formula is C15H17FN2O. The Kier molecular flexibility index (Phi) is 4.47. The van der Waals surface area contributed by atoms with Crippen molar-refractivity contribution in [2.45, 2.75) is 25.8 Å². The van der Waals surface area contributed by atoms with Gasteiger partial charge >= 0.3 is 0 Å². The SMILES string of the molecule is CCC(N)Cc1cncc(Oc2ccc(F)cc2)c1. The Hall–Kier alpha value is -1.94. The molecule has 1 aromatic carbocycles. The maximum absolute atomic E-state index is 12.8. The first kappa shape index (κ1) is 13.5. The van der Waals surface area contributed by atoms with Crippen molar-refractivity contribution in [1.82, 2.24) is 4.98 Å². The number of benzene rings is 1. The third-order valence-electron chi connectivity index (χ3n) is 2.84. The van der Waals surface area contributed by atoms with Crippen LogP contribution in [0.25, 0.3) is 0 Å². The predicted octanol–water partition coefficient (Wildman–Crippen LogP) is 3.29. The molecule has 0 aliphatic rings. The Bertz CT molecular complexity index is 528. The number of hydrogen-bond donors (Lipinski definition) is 1. The molecule has 0 spiro atoms. The van der Waals surface area contributed by atoms with Crippen LogP contribution in [0, 0.1) is 5.82 Å². The maximum Gasteiger partial charge on any atom is 0.145 e. The molecular weight excluding hydrogens is 243 g/mol. The second kappa shape index (κ2) is 6.29. The van der Waals surface area contributed by atoms with Crippen molar-refractivity contribution in [2.24, 2.45) is 5.73 Å². The van der Waals surface area contributed by atoms with Gasteiger partial charge in [-0.25, -0.2) is 4.39 Å². The van der Waals surface area contributed by atoms with E-state index in [1.54, 1.807) is 24.5 Å². The molecule has 1 aromatic heterocycles. The summed E-state index contributed by atoms with van der Waals surface area (Å²) in [6.07, 6.45) is 5.10. The lowest BCUT2D eigenvalue weighted by Crippen LogP contribution is -2.21. The number of rotatable bonds is 5. The minimum atomic E-state index is -0.284. The number of halogens is 1. The summed E-state index contributed by atoms with van der Waals surface area (Å²) in [5, 5.41) is 0. The summed E-state index contributed by atoms with van der Waals surface area (Å²) in [5.74, 6) is 0.931. The largest absolute Gasteiger partial charge is 0.456 e. The van der Waals surface area contributed by atoms with Crippen LogP contribution in [0.4, 0.5) is 4.39 Å². The summed E-state index contributed by atoms with van der Waals surface area (Å²) in [7, 11) is 0. The van der Waals surface area contributed by atoms with E-state index in [9.17, 15) is 4.39 Å². The van der Waals surface area contributed by atoms with Gasteiger partial charge < -0.3 is 10.5 Å². The van der Waals surface area contributed by atoms with Crippen LogP contribution in [0.2, 0.25) is 0 Å². The number of nitrogens with two attached hydrogens (primary N) is 1. The molecule has 100 valence electrons. The van der Waals surface area contributed by atoms with Gasteiger partial charge in [0.05, 0.1) is 6.20 Å². The van der Waals surface area contributed by atoms with E-state index in [1.165, 1.54) is 12.1 Å². The van der Waals surface area contributed by atoms with Crippen LogP contribution in [0.15, 0.2) is 42.7 Å². The number of ether oxygens (including phenoxy) is 1. The van der Waals surface area contributed by atoms with Gasteiger partial charge in [-0.2, -0.15) is 0 Å². The smallest absolute Gasteiger partial charge is 0.145 e. The van der Waals surface area contributed by atoms with E-state index in [0.29, 0.717) is 11.5 Å². The highest BCUT2D eigenvalue weighted by atomic mass is 19.1. The van der Waals surface area contributed by atoms with Crippen molar-refractivity contribution >= 4 is 0 Å². The normalized spacial score (nSPS) is 12.2. The summed E-state index contributed by atoms with van der Waals surface area (Å²) in [5.41, 5.74) is 6.95. The molecule has 0 aliphatic heterocycles.